The van der Waals surface area contributed by atoms with E-state index in [0.717, 1.165) is 32.2 Å². The molecule has 1 fully saturated rings. The van der Waals surface area contributed by atoms with Crippen LogP contribution in [0.5, 0.6) is 0 Å². The van der Waals surface area contributed by atoms with E-state index in [9.17, 15) is 8.42 Å². The zero-order chi connectivity index (χ0) is 15.2. The molecule has 0 spiro atoms. The first kappa shape index (κ1) is 18.0. The van der Waals surface area contributed by atoms with Crippen LogP contribution in [0.3, 0.4) is 0 Å². The van der Waals surface area contributed by atoms with Crippen molar-refractivity contribution in [2.75, 3.05) is 12.8 Å². The van der Waals surface area contributed by atoms with Crippen LogP contribution in [0.1, 0.15) is 65.7 Å². The van der Waals surface area contributed by atoms with Crippen LogP contribution in [0, 0.1) is 11.8 Å². The molecule has 1 saturated carbocycles. The molecule has 1 rings (SSSR count). The molecule has 0 saturated heterocycles. The number of hydrogen-bond donors (Lipinski definition) is 1. The summed E-state index contributed by atoms with van der Waals surface area (Å²) in [4.78, 5) is 0. The van der Waals surface area contributed by atoms with E-state index in [-0.39, 0.29) is 5.25 Å². The monoisotopic (exact) mass is 303 g/mol. The largest absolute Gasteiger partial charge is 0.314 e. The van der Waals surface area contributed by atoms with E-state index in [1.165, 1.54) is 25.5 Å². The summed E-state index contributed by atoms with van der Waals surface area (Å²) in [6.45, 7) is 7.77. The molecule has 4 unspecified atom stereocenters. The van der Waals surface area contributed by atoms with Crippen LogP contribution in [-0.4, -0.2) is 32.5 Å². The number of nitrogens with one attached hydrogen (secondary N) is 1. The Balaban J connectivity index is 2.68. The highest BCUT2D eigenvalue weighted by molar-refractivity contribution is 7.91. The first-order valence-corrected chi connectivity index (χ1v) is 10.3. The molecule has 0 aromatic carbocycles. The Hall–Kier alpha value is -0.0900. The number of sulfone groups is 1. The minimum atomic E-state index is -2.87. The smallest absolute Gasteiger partial charge is 0.150 e. The first-order chi connectivity index (χ1) is 9.38. The van der Waals surface area contributed by atoms with Crippen molar-refractivity contribution >= 4 is 9.84 Å². The molecule has 1 aliphatic carbocycles. The second-order valence-electron chi connectivity index (χ2n) is 6.69. The lowest BCUT2D eigenvalue weighted by Crippen LogP contribution is -2.42. The lowest BCUT2D eigenvalue weighted by atomic mass is 9.80. The Morgan fingerprint density at radius 2 is 1.95 bits per heavy atom. The topological polar surface area (TPSA) is 46.2 Å². The van der Waals surface area contributed by atoms with Crippen molar-refractivity contribution in [1.29, 1.82) is 0 Å². The maximum Gasteiger partial charge on any atom is 0.150 e. The van der Waals surface area contributed by atoms with Gasteiger partial charge in [0.2, 0.25) is 0 Å². The van der Waals surface area contributed by atoms with Crippen molar-refractivity contribution in [2.45, 2.75) is 77.0 Å². The van der Waals surface area contributed by atoms with Gasteiger partial charge in [-0.15, -0.1) is 0 Å². The molecular weight excluding hydrogens is 270 g/mol. The highest BCUT2D eigenvalue weighted by Crippen LogP contribution is 2.33. The van der Waals surface area contributed by atoms with E-state index in [2.05, 4.69) is 26.1 Å². The fourth-order valence-corrected chi connectivity index (χ4v) is 4.50. The van der Waals surface area contributed by atoms with Gasteiger partial charge in [0.25, 0.3) is 0 Å². The Labute approximate surface area is 125 Å². The molecule has 0 bridgehead atoms. The van der Waals surface area contributed by atoms with Crippen molar-refractivity contribution in [3.8, 4) is 0 Å². The van der Waals surface area contributed by atoms with Crippen molar-refractivity contribution < 1.29 is 8.42 Å². The Bertz CT molecular complexity index is 367. The summed E-state index contributed by atoms with van der Waals surface area (Å²) in [5.41, 5.74) is 0. The van der Waals surface area contributed by atoms with Gasteiger partial charge in [-0.1, -0.05) is 33.6 Å². The fourth-order valence-electron chi connectivity index (χ4n) is 3.31. The molecule has 3 nitrogen and oxygen atoms in total. The van der Waals surface area contributed by atoms with E-state index >= 15 is 0 Å². The summed E-state index contributed by atoms with van der Waals surface area (Å²) in [6.07, 6.45) is 8.89. The zero-order valence-electron chi connectivity index (χ0n) is 13.7. The molecular formula is C16H33NO2S. The molecule has 1 aliphatic rings. The molecule has 4 atom stereocenters. The molecule has 120 valence electrons. The quantitative estimate of drug-likeness (QED) is 0.747. The van der Waals surface area contributed by atoms with Crippen LogP contribution in [-0.2, 0) is 9.84 Å². The van der Waals surface area contributed by atoms with Gasteiger partial charge >= 0.3 is 0 Å². The van der Waals surface area contributed by atoms with E-state index in [1.54, 1.807) is 0 Å². The average Bonchev–Trinajstić information content (AvgIpc) is 2.42. The van der Waals surface area contributed by atoms with Gasteiger partial charge in [-0.3, -0.25) is 0 Å². The Morgan fingerprint density at radius 1 is 1.25 bits per heavy atom. The van der Waals surface area contributed by atoms with Crippen LogP contribution in [0.15, 0.2) is 0 Å². The van der Waals surface area contributed by atoms with Gasteiger partial charge in [0.15, 0.2) is 0 Å². The van der Waals surface area contributed by atoms with Gasteiger partial charge in [0, 0.05) is 12.3 Å². The summed E-state index contributed by atoms with van der Waals surface area (Å²) in [7, 11) is -2.87. The van der Waals surface area contributed by atoms with Gasteiger partial charge in [0.1, 0.15) is 9.84 Å². The maximum absolute atomic E-state index is 11.8. The second kappa shape index (κ2) is 8.38. The minimum absolute atomic E-state index is 0.107. The van der Waals surface area contributed by atoms with E-state index in [4.69, 9.17) is 0 Å². The first-order valence-electron chi connectivity index (χ1n) is 8.30. The van der Waals surface area contributed by atoms with Gasteiger partial charge in [-0.25, -0.2) is 8.42 Å². The van der Waals surface area contributed by atoms with E-state index in [0.29, 0.717) is 17.9 Å². The third-order valence-corrected chi connectivity index (χ3v) is 6.49. The molecule has 0 aromatic rings. The van der Waals surface area contributed by atoms with Crippen molar-refractivity contribution in [3.05, 3.63) is 0 Å². The van der Waals surface area contributed by atoms with Gasteiger partial charge < -0.3 is 5.32 Å². The van der Waals surface area contributed by atoms with Crippen molar-refractivity contribution in [3.63, 3.8) is 0 Å². The average molecular weight is 304 g/mol. The maximum atomic E-state index is 11.8. The van der Waals surface area contributed by atoms with Crippen molar-refractivity contribution in [2.24, 2.45) is 11.8 Å². The number of rotatable bonds is 8. The van der Waals surface area contributed by atoms with Crippen LogP contribution in [0.2, 0.25) is 0 Å². The molecule has 4 heteroatoms. The van der Waals surface area contributed by atoms with Crippen LogP contribution in [0.25, 0.3) is 0 Å². The minimum Gasteiger partial charge on any atom is -0.314 e. The highest BCUT2D eigenvalue weighted by atomic mass is 32.2. The Morgan fingerprint density at radius 3 is 2.50 bits per heavy atom. The molecule has 0 radical (unpaired) electrons. The van der Waals surface area contributed by atoms with E-state index < -0.39 is 9.84 Å². The zero-order valence-corrected chi connectivity index (χ0v) is 14.5. The number of hydrogen-bond acceptors (Lipinski definition) is 3. The summed E-state index contributed by atoms with van der Waals surface area (Å²) < 4.78 is 23.7. The molecule has 1 N–H and O–H groups in total. The fraction of sp³-hybridized carbons (Fsp3) is 1.00. The summed E-state index contributed by atoms with van der Waals surface area (Å²) in [5, 5.41) is 3.57. The predicted octanol–water partition coefficient (Wildman–Crippen LogP) is 3.39. The lowest BCUT2D eigenvalue weighted by Gasteiger charge is -2.35. The van der Waals surface area contributed by atoms with Crippen LogP contribution >= 0.6 is 0 Å². The van der Waals surface area contributed by atoms with E-state index in [1.807, 2.05) is 0 Å². The SMILES string of the molecule is CCCNC(CC(C)CC)C1CCCC(S(C)(=O)=O)C1. The summed E-state index contributed by atoms with van der Waals surface area (Å²) in [5.74, 6) is 1.24. The van der Waals surface area contributed by atoms with Crippen LogP contribution in [0.4, 0.5) is 0 Å². The summed E-state index contributed by atoms with van der Waals surface area (Å²) >= 11 is 0. The van der Waals surface area contributed by atoms with Gasteiger partial charge in [0.05, 0.1) is 5.25 Å². The summed E-state index contributed by atoms with van der Waals surface area (Å²) in [6, 6.07) is 0.495. The highest BCUT2D eigenvalue weighted by Gasteiger charge is 2.33. The van der Waals surface area contributed by atoms with Gasteiger partial charge in [-0.05, 0) is 50.5 Å². The second-order valence-corrected chi connectivity index (χ2v) is 9.01. The predicted molar refractivity (Wildman–Crippen MR) is 86.7 cm³/mol. The molecule has 0 amide bonds. The molecule has 0 heterocycles. The molecule has 0 aromatic heterocycles. The standard InChI is InChI=1S/C16H33NO2S/c1-5-10-17-16(11-13(3)6-2)14-8-7-9-15(12-14)20(4,18)19/h13-17H,5-12H2,1-4H3. The molecule has 20 heavy (non-hydrogen) atoms. The molecule has 0 aliphatic heterocycles. The third-order valence-electron chi connectivity index (χ3n) is 4.85. The Kier molecular flexibility index (Phi) is 7.52. The van der Waals surface area contributed by atoms with Crippen molar-refractivity contribution in [1.82, 2.24) is 5.32 Å². The normalized spacial score (nSPS) is 27.2. The third kappa shape index (κ3) is 5.72. The van der Waals surface area contributed by atoms with Crippen LogP contribution < -0.4 is 5.32 Å². The van der Waals surface area contributed by atoms with Gasteiger partial charge in [-0.2, -0.15) is 0 Å². The lowest BCUT2D eigenvalue weighted by molar-refractivity contribution is 0.237.